The number of carbonyl (C=O) groups excluding carboxylic acids is 2. The predicted octanol–water partition coefficient (Wildman–Crippen LogP) is 2.04. The van der Waals surface area contributed by atoms with Gasteiger partial charge in [0.15, 0.2) is 12.7 Å². The maximum Gasteiger partial charge on any atom is 0.347 e. The van der Waals surface area contributed by atoms with E-state index in [1.165, 1.54) is 0 Å². The van der Waals surface area contributed by atoms with Crippen LogP contribution in [0.25, 0.3) is 0 Å². The molecule has 108 valence electrons. The normalized spacial score (nSPS) is 15.3. The summed E-state index contributed by atoms with van der Waals surface area (Å²) in [6.07, 6.45) is 1.25. The van der Waals surface area contributed by atoms with Gasteiger partial charge in [-0.05, 0) is 44.0 Å². The molecule has 0 saturated heterocycles. The lowest BCUT2D eigenvalue weighted by Crippen LogP contribution is -2.33. The maximum absolute atomic E-state index is 11.7. The van der Waals surface area contributed by atoms with Crippen LogP contribution < -0.4 is 10.1 Å². The highest BCUT2D eigenvalue weighted by Crippen LogP contribution is 2.18. The van der Waals surface area contributed by atoms with Gasteiger partial charge in [-0.3, -0.25) is 4.79 Å². The first-order valence-electron chi connectivity index (χ1n) is 6.43. The number of rotatable bonds is 6. The van der Waals surface area contributed by atoms with Gasteiger partial charge in [-0.15, -0.1) is 0 Å². The van der Waals surface area contributed by atoms with Crippen LogP contribution in [0.2, 0.25) is 0 Å². The second-order valence-electron chi connectivity index (χ2n) is 4.66. The summed E-state index contributed by atoms with van der Waals surface area (Å²) >= 11 is 3.31. The lowest BCUT2D eigenvalue weighted by molar-refractivity contribution is -0.154. The summed E-state index contributed by atoms with van der Waals surface area (Å²) in [5.41, 5.74) is 0. The Balaban J connectivity index is 1.73. The number of ether oxygens (including phenoxy) is 2. The van der Waals surface area contributed by atoms with E-state index in [2.05, 4.69) is 21.2 Å². The van der Waals surface area contributed by atoms with Gasteiger partial charge in [0, 0.05) is 10.5 Å². The fourth-order valence-corrected chi connectivity index (χ4v) is 1.78. The first-order chi connectivity index (χ1) is 9.54. The fraction of sp³-hybridized carbons (Fsp3) is 0.429. The Morgan fingerprint density at radius 3 is 2.60 bits per heavy atom. The number of carbonyl (C=O) groups is 2. The highest BCUT2D eigenvalue weighted by Gasteiger charge is 2.24. The zero-order chi connectivity index (χ0) is 14.5. The lowest BCUT2D eigenvalue weighted by Gasteiger charge is -2.13. The van der Waals surface area contributed by atoms with Crippen LogP contribution in [0.1, 0.15) is 19.8 Å². The van der Waals surface area contributed by atoms with Crippen LogP contribution in [0, 0.1) is 0 Å². The van der Waals surface area contributed by atoms with Crippen molar-refractivity contribution < 1.29 is 19.1 Å². The van der Waals surface area contributed by atoms with Crippen LogP contribution in [-0.2, 0) is 14.3 Å². The monoisotopic (exact) mass is 341 g/mol. The van der Waals surface area contributed by atoms with Gasteiger partial charge in [-0.1, -0.05) is 15.9 Å². The fourth-order valence-electron chi connectivity index (χ4n) is 1.52. The first-order valence-corrected chi connectivity index (χ1v) is 7.22. The Labute approximate surface area is 125 Å². The molecule has 0 aromatic heterocycles. The van der Waals surface area contributed by atoms with Gasteiger partial charge in [0.05, 0.1) is 0 Å². The molecule has 0 spiro atoms. The molecule has 20 heavy (non-hydrogen) atoms. The Hall–Kier alpha value is -1.56. The second kappa shape index (κ2) is 6.74. The summed E-state index contributed by atoms with van der Waals surface area (Å²) < 4.78 is 11.3. The zero-order valence-corrected chi connectivity index (χ0v) is 12.7. The highest BCUT2D eigenvalue weighted by molar-refractivity contribution is 9.10. The molecule has 0 aliphatic heterocycles. The van der Waals surface area contributed by atoms with E-state index >= 15 is 0 Å². The molecule has 1 aliphatic carbocycles. The van der Waals surface area contributed by atoms with Crippen LogP contribution in [-0.4, -0.2) is 30.6 Å². The van der Waals surface area contributed by atoms with Gasteiger partial charge < -0.3 is 14.8 Å². The van der Waals surface area contributed by atoms with Gasteiger partial charge in [-0.25, -0.2) is 4.79 Å². The Kier molecular flexibility index (Phi) is 5.00. The molecule has 0 radical (unpaired) electrons. The average Bonchev–Trinajstić information content (AvgIpc) is 3.22. The molecule has 1 N–H and O–H groups in total. The van der Waals surface area contributed by atoms with Crippen molar-refractivity contribution in [1.29, 1.82) is 0 Å². The molecular formula is C14H16BrNO4. The van der Waals surface area contributed by atoms with Crippen molar-refractivity contribution in [2.24, 2.45) is 0 Å². The summed E-state index contributed by atoms with van der Waals surface area (Å²) in [5, 5.41) is 2.74. The van der Waals surface area contributed by atoms with E-state index < -0.39 is 12.1 Å². The van der Waals surface area contributed by atoms with E-state index in [0.29, 0.717) is 5.75 Å². The summed E-state index contributed by atoms with van der Waals surface area (Å²) in [5.74, 6) is -0.254. The van der Waals surface area contributed by atoms with E-state index in [1.807, 2.05) is 12.1 Å². The van der Waals surface area contributed by atoms with Crippen molar-refractivity contribution in [2.75, 3.05) is 6.61 Å². The molecule has 0 unspecified atom stereocenters. The molecular weight excluding hydrogens is 326 g/mol. The van der Waals surface area contributed by atoms with E-state index in [4.69, 9.17) is 9.47 Å². The van der Waals surface area contributed by atoms with Gasteiger partial charge in [0.1, 0.15) is 5.75 Å². The minimum Gasteiger partial charge on any atom is -0.479 e. The van der Waals surface area contributed by atoms with Gasteiger partial charge >= 0.3 is 5.97 Å². The number of hydrogen-bond donors (Lipinski definition) is 1. The molecule has 1 aliphatic rings. The van der Waals surface area contributed by atoms with Gasteiger partial charge in [-0.2, -0.15) is 0 Å². The summed E-state index contributed by atoms with van der Waals surface area (Å²) in [7, 11) is 0. The third kappa shape index (κ3) is 4.85. The van der Waals surface area contributed by atoms with Gasteiger partial charge in [0.2, 0.25) is 0 Å². The average molecular weight is 342 g/mol. The summed E-state index contributed by atoms with van der Waals surface area (Å²) in [6.45, 7) is 1.33. The van der Waals surface area contributed by atoms with Crippen LogP contribution in [0.5, 0.6) is 5.75 Å². The molecule has 1 amide bonds. The molecule has 1 fully saturated rings. The quantitative estimate of drug-likeness (QED) is 0.804. The van der Waals surface area contributed by atoms with Crippen LogP contribution >= 0.6 is 15.9 Å². The van der Waals surface area contributed by atoms with E-state index in [-0.39, 0.29) is 18.6 Å². The summed E-state index contributed by atoms with van der Waals surface area (Å²) in [6, 6.07) is 7.38. The Bertz CT molecular complexity index is 484. The SMILES string of the molecule is C[C@@H](Oc1ccc(Br)cc1)C(=O)OCC(=O)NC1CC1. The van der Waals surface area contributed by atoms with Crippen LogP contribution in [0.15, 0.2) is 28.7 Å². The topological polar surface area (TPSA) is 64.6 Å². The number of nitrogens with one attached hydrogen (secondary N) is 1. The van der Waals surface area contributed by atoms with Crippen molar-refractivity contribution in [3.63, 3.8) is 0 Å². The molecule has 1 atom stereocenters. The number of benzene rings is 1. The smallest absolute Gasteiger partial charge is 0.347 e. The molecule has 1 aromatic carbocycles. The molecule has 0 bridgehead atoms. The third-order valence-electron chi connectivity index (χ3n) is 2.75. The van der Waals surface area contributed by atoms with Crippen molar-refractivity contribution in [2.45, 2.75) is 31.9 Å². The van der Waals surface area contributed by atoms with Crippen molar-refractivity contribution in [1.82, 2.24) is 5.32 Å². The number of amides is 1. The second-order valence-corrected chi connectivity index (χ2v) is 5.58. The molecule has 2 rings (SSSR count). The molecule has 0 heterocycles. The van der Waals surface area contributed by atoms with Crippen LogP contribution in [0.4, 0.5) is 0 Å². The maximum atomic E-state index is 11.7. The number of hydrogen-bond acceptors (Lipinski definition) is 4. The molecule has 1 aromatic rings. The first kappa shape index (κ1) is 14.8. The number of esters is 1. The standard InChI is InChI=1S/C14H16BrNO4/c1-9(20-12-6-2-10(15)3-7-12)14(18)19-8-13(17)16-11-4-5-11/h2-3,6-7,9,11H,4-5,8H2,1H3,(H,16,17)/t9-/m1/s1. The summed E-state index contributed by atoms with van der Waals surface area (Å²) in [4.78, 5) is 23.1. The van der Waals surface area contributed by atoms with Crippen molar-refractivity contribution in [3.05, 3.63) is 28.7 Å². The van der Waals surface area contributed by atoms with Gasteiger partial charge in [0.25, 0.3) is 5.91 Å². The molecule has 6 heteroatoms. The minimum absolute atomic E-state index is 0.261. The van der Waals surface area contributed by atoms with Crippen molar-refractivity contribution >= 4 is 27.8 Å². The zero-order valence-electron chi connectivity index (χ0n) is 11.1. The van der Waals surface area contributed by atoms with E-state index in [9.17, 15) is 9.59 Å². The minimum atomic E-state index is -0.759. The Morgan fingerprint density at radius 2 is 2.00 bits per heavy atom. The highest BCUT2D eigenvalue weighted by atomic mass is 79.9. The lowest BCUT2D eigenvalue weighted by atomic mass is 10.3. The Morgan fingerprint density at radius 1 is 1.35 bits per heavy atom. The third-order valence-corrected chi connectivity index (χ3v) is 3.28. The largest absolute Gasteiger partial charge is 0.479 e. The van der Waals surface area contributed by atoms with Crippen LogP contribution in [0.3, 0.4) is 0 Å². The van der Waals surface area contributed by atoms with E-state index in [0.717, 1.165) is 17.3 Å². The predicted molar refractivity (Wildman–Crippen MR) is 76.4 cm³/mol. The van der Waals surface area contributed by atoms with Crippen molar-refractivity contribution in [3.8, 4) is 5.75 Å². The molecule has 1 saturated carbocycles. The van der Waals surface area contributed by atoms with E-state index in [1.54, 1.807) is 19.1 Å². The molecule has 5 nitrogen and oxygen atoms in total. The number of halogens is 1.